The summed E-state index contributed by atoms with van der Waals surface area (Å²) < 4.78 is 27.6. The third-order valence-corrected chi connectivity index (χ3v) is 5.45. The molecule has 0 spiro atoms. The van der Waals surface area contributed by atoms with Crippen molar-refractivity contribution in [2.45, 2.75) is 56.8 Å². The molecule has 0 atom stereocenters. The number of unbranched alkanes of at least 4 members (excludes halogenated alkanes) is 6. The number of hydrogen-bond acceptors (Lipinski definition) is 3. The maximum absolute atomic E-state index is 12.5. The van der Waals surface area contributed by atoms with Gasteiger partial charge >= 0.3 is 0 Å². The maximum Gasteiger partial charge on any atom is 0.242 e. The fourth-order valence-electron chi connectivity index (χ4n) is 2.66. The van der Waals surface area contributed by atoms with Crippen molar-refractivity contribution in [3.05, 3.63) is 36.5 Å². The predicted octanol–water partition coefficient (Wildman–Crippen LogP) is 4.26. The second-order valence-corrected chi connectivity index (χ2v) is 7.59. The lowest BCUT2D eigenvalue weighted by Gasteiger charge is -2.09. The summed E-state index contributed by atoms with van der Waals surface area (Å²) in [5.41, 5.74) is 0.530. The van der Waals surface area contributed by atoms with Crippen LogP contribution < -0.4 is 4.72 Å². The number of aromatic nitrogens is 1. The molecule has 0 aliphatic heterocycles. The molecule has 0 aliphatic rings. The third kappa shape index (κ3) is 5.29. The van der Waals surface area contributed by atoms with Crippen LogP contribution in [-0.4, -0.2) is 19.9 Å². The van der Waals surface area contributed by atoms with Crippen LogP contribution in [0.5, 0.6) is 0 Å². The second kappa shape index (κ2) is 8.99. The summed E-state index contributed by atoms with van der Waals surface area (Å²) in [5, 5.41) is 0.839. The molecule has 23 heavy (non-hydrogen) atoms. The van der Waals surface area contributed by atoms with E-state index >= 15 is 0 Å². The summed E-state index contributed by atoms with van der Waals surface area (Å²) in [6, 6.07) is 8.93. The van der Waals surface area contributed by atoms with Crippen molar-refractivity contribution in [3.8, 4) is 0 Å². The number of fused-ring (bicyclic) bond motifs is 1. The highest BCUT2D eigenvalue weighted by molar-refractivity contribution is 7.89. The fraction of sp³-hybridized carbons (Fsp3) is 0.500. The van der Waals surface area contributed by atoms with E-state index in [0.29, 0.717) is 12.1 Å². The summed E-state index contributed by atoms with van der Waals surface area (Å²) in [7, 11) is -3.50. The number of pyridine rings is 1. The Morgan fingerprint density at radius 1 is 0.957 bits per heavy atom. The fourth-order valence-corrected chi connectivity index (χ4v) is 3.91. The highest BCUT2D eigenvalue weighted by atomic mass is 32.2. The van der Waals surface area contributed by atoms with Gasteiger partial charge in [-0.1, -0.05) is 63.6 Å². The first-order valence-electron chi connectivity index (χ1n) is 8.48. The quantitative estimate of drug-likeness (QED) is 0.660. The maximum atomic E-state index is 12.5. The molecular weight excluding hydrogens is 308 g/mol. The Bertz CT molecular complexity index is 709. The Kier molecular flexibility index (Phi) is 6.99. The normalized spacial score (nSPS) is 11.9. The number of benzene rings is 1. The zero-order valence-electron chi connectivity index (χ0n) is 13.8. The number of sulfonamides is 1. The first-order chi connectivity index (χ1) is 11.1. The third-order valence-electron chi connectivity index (χ3n) is 3.96. The summed E-state index contributed by atoms with van der Waals surface area (Å²) in [6.07, 6.45) is 9.82. The molecule has 5 heteroatoms. The molecule has 126 valence electrons. The second-order valence-electron chi connectivity index (χ2n) is 5.85. The van der Waals surface area contributed by atoms with Crippen LogP contribution in [0.1, 0.15) is 51.9 Å². The van der Waals surface area contributed by atoms with E-state index in [0.717, 1.165) is 18.2 Å². The van der Waals surface area contributed by atoms with Gasteiger partial charge in [-0.2, -0.15) is 0 Å². The van der Waals surface area contributed by atoms with E-state index in [4.69, 9.17) is 0 Å². The predicted molar refractivity (Wildman–Crippen MR) is 94.9 cm³/mol. The summed E-state index contributed by atoms with van der Waals surface area (Å²) >= 11 is 0. The van der Waals surface area contributed by atoms with Crippen LogP contribution >= 0.6 is 0 Å². The molecule has 1 N–H and O–H groups in total. The van der Waals surface area contributed by atoms with Crippen molar-refractivity contribution >= 4 is 20.9 Å². The Hall–Kier alpha value is -1.46. The van der Waals surface area contributed by atoms with Crippen LogP contribution in [0.4, 0.5) is 0 Å². The molecule has 0 bridgehead atoms. The molecule has 0 amide bonds. The molecule has 0 saturated carbocycles. The first kappa shape index (κ1) is 17.9. The lowest BCUT2D eigenvalue weighted by Crippen LogP contribution is -2.25. The Labute approximate surface area is 139 Å². The lowest BCUT2D eigenvalue weighted by molar-refractivity contribution is 0.564. The highest BCUT2D eigenvalue weighted by Gasteiger charge is 2.17. The van der Waals surface area contributed by atoms with Gasteiger partial charge in [-0.25, -0.2) is 13.1 Å². The van der Waals surface area contributed by atoms with Crippen LogP contribution in [-0.2, 0) is 10.0 Å². The molecule has 0 radical (unpaired) electrons. The van der Waals surface area contributed by atoms with Crippen molar-refractivity contribution < 1.29 is 8.42 Å². The van der Waals surface area contributed by atoms with Crippen LogP contribution in [0.2, 0.25) is 0 Å². The zero-order valence-corrected chi connectivity index (χ0v) is 14.6. The van der Waals surface area contributed by atoms with E-state index < -0.39 is 10.0 Å². The SMILES string of the molecule is CCCCCCCCCNS(=O)(=O)c1cccc2cccnc12. The van der Waals surface area contributed by atoms with Crippen molar-refractivity contribution in [3.63, 3.8) is 0 Å². The minimum atomic E-state index is -3.50. The van der Waals surface area contributed by atoms with Gasteiger partial charge in [0.2, 0.25) is 10.0 Å². The van der Waals surface area contributed by atoms with E-state index in [9.17, 15) is 8.42 Å². The van der Waals surface area contributed by atoms with Crippen LogP contribution in [0.15, 0.2) is 41.4 Å². The molecule has 2 aromatic rings. The molecular formula is C18H26N2O2S. The van der Waals surface area contributed by atoms with Gasteiger partial charge in [-0.05, 0) is 18.6 Å². The summed E-state index contributed by atoms with van der Waals surface area (Å²) in [5.74, 6) is 0. The summed E-state index contributed by atoms with van der Waals surface area (Å²) in [6.45, 7) is 2.69. The van der Waals surface area contributed by atoms with Crippen LogP contribution in [0.3, 0.4) is 0 Å². The molecule has 0 fully saturated rings. The van der Waals surface area contributed by atoms with Crippen molar-refractivity contribution in [1.29, 1.82) is 0 Å². The minimum Gasteiger partial charge on any atom is -0.255 e. The number of nitrogens with zero attached hydrogens (tertiary/aromatic N) is 1. The van der Waals surface area contributed by atoms with E-state index in [1.165, 1.54) is 32.1 Å². The Morgan fingerprint density at radius 2 is 1.65 bits per heavy atom. The van der Waals surface area contributed by atoms with E-state index in [1.54, 1.807) is 18.3 Å². The van der Waals surface area contributed by atoms with Gasteiger partial charge < -0.3 is 0 Å². The molecule has 1 aromatic carbocycles. The monoisotopic (exact) mass is 334 g/mol. The summed E-state index contributed by atoms with van der Waals surface area (Å²) in [4.78, 5) is 4.48. The van der Waals surface area contributed by atoms with Crippen molar-refractivity contribution in [1.82, 2.24) is 9.71 Å². The van der Waals surface area contributed by atoms with Gasteiger partial charge in [0, 0.05) is 18.1 Å². The largest absolute Gasteiger partial charge is 0.255 e. The number of nitrogens with one attached hydrogen (secondary N) is 1. The van der Waals surface area contributed by atoms with Crippen molar-refractivity contribution in [2.75, 3.05) is 6.54 Å². The molecule has 2 rings (SSSR count). The topological polar surface area (TPSA) is 59.1 Å². The van der Waals surface area contributed by atoms with Gasteiger partial charge in [-0.15, -0.1) is 0 Å². The average Bonchev–Trinajstić information content (AvgIpc) is 2.56. The van der Waals surface area contributed by atoms with Crippen LogP contribution in [0.25, 0.3) is 10.9 Å². The number of hydrogen-bond donors (Lipinski definition) is 1. The highest BCUT2D eigenvalue weighted by Crippen LogP contribution is 2.20. The van der Waals surface area contributed by atoms with Gasteiger partial charge in [0.15, 0.2) is 0 Å². The van der Waals surface area contributed by atoms with Crippen molar-refractivity contribution in [2.24, 2.45) is 0 Å². The number of para-hydroxylation sites is 1. The van der Waals surface area contributed by atoms with Gasteiger partial charge in [-0.3, -0.25) is 4.98 Å². The zero-order chi connectivity index (χ0) is 16.5. The molecule has 0 aliphatic carbocycles. The molecule has 1 aromatic heterocycles. The molecule has 0 saturated heterocycles. The van der Waals surface area contributed by atoms with Gasteiger partial charge in [0.25, 0.3) is 0 Å². The van der Waals surface area contributed by atoms with Gasteiger partial charge in [0.05, 0.1) is 5.52 Å². The molecule has 1 heterocycles. The molecule has 0 unspecified atom stereocenters. The Balaban J connectivity index is 1.87. The lowest BCUT2D eigenvalue weighted by atomic mass is 10.1. The average molecular weight is 334 g/mol. The van der Waals surface area contributed by atoms with E-state index in [1.807, 2.05) is 18.2 Å². The molecule has 4 nitrogen and oxygen atoms in total. The standard InChI is InChI=1S/C18H26N2O2S/c1-2-3-4-5-6-7-8-15-20-23(21,22)17-13-9-11-16-12-10-14-19-18(16)17/h9-14,20H,2-8,15H2,1H3. The minimum absolute atomic E-state index is 0.263. The number of rotatable bonds is 10. The Morgan fingerprint density at radius 3 is 2.43 bits per heavy atom. The van der Waals surface area contributed by atoms with E-state index in [2.05, 4.69) is 16.6 Å². The smallest absolute Gasteiger partial charge is 0.242 e. The van der Waals surface area contributed by atoms with E-state index in [-0.39, 0.29) is 4.90 Å². The van der Waals surface area contributed by atoms with Crippen LogP contribution in [0, 0.1) is 0 Å². The first-order valence-corrected chi connectivity index (χ1v) is 9.97. The van der Waals surface area contributed by atoms with Gasteiger partial charge in [0.1, 0.15) is 4.90 Å².